The van der Waals surface area contributed by atoms with E-state index >= 15 is 0 Å². The maximum Gasteiger partial charge on any atom is 0.119 e. The lowest BCUT2D eigenvalue weighted by Crippen LogP contribution is -2.20. The molecule has 0 bridgehead atoms. The largest absolute Gasteiger partial charge is 0.492 e. The number of rotatable bonds is 6. The molecule has 0 aliphatic rings. The first kappa shape index (κ1) is 14.6. The first-order chi connectivity index (χ1) is 9.15. The summed E-state index contributed by atoms with van der Waals surface area (Å²) in [6.07, 6.45) is 0. The molecule has 1 aromatic heterocycles. The number of halogens is 1. The molecule has 0 unspecified atom stereocenters. The zero-order chi connectivity index (χ0) is 13.7. The molecule has 2 rings (SSSR count). The number of benzene rings is 1. The van der Waals surface area contributed by atoms with E-state index in [0.29, 0.717) is 6.61 Å². The zero-order valence-electron chi connectivity index (χ0n) is 11.2. The summed E-state index contributed by atoms with van der Waals surface area (Å²) < 4.78 is 6.82. The molecule has 0 spiro atoms. The van der Waals surface area contributed by atoms with Crippen LogP contribution < -0.4 is 10.1 Å². The highest BCUT2D eigenvalue weighted by molar-refractivity contribution is 9.10. The van der Waals surface area contributed by atoms with Crippen LogP contribution in [0.15, 0.2) is 34.8 Å². The zero-order valence-corrected chi connectivity index (χ0v) is 13.6. The third-order valence-electron chi connectivity index (χ3n) is 2.77. The molecule has 1 N–H and O–H groups in total. The molecule has 102 valence electrons. The smallest absolute Gasteiger partial charge is 0.119 e. The Morgan fingerprint density at radius 3 is 2.74 bits per heavy atom. The van der Waals surface area contributed by atoms with Gasteiger partial charge in [0.1, 0.15) is 12.4 Å². The van der Waals surface area contributed by atoms with Gasteiger partial charge in [0.2, 0.25) is 0 Å². The molecule has 0 saturated heterocycles. The van der Waals surface area contributed by atoms with Crippen LogP contribution in [0.4, 0.5) is 0 Å². The minimum absolute atomic E-state index is 0.686. The Hall–Kier alpha value is -0.840. The molecule has 1 heterocycles. The van der Waals surface area contributed by atoms with Crippen molar-refractivity contribution in [2.24, 2.45) is 0 Å². The summed E-state index contributed by atoms with van der Waals surface area (Å²) in [6, 6.07) is 10.4. The van der Waals surface area contributed by atoms with E-state index in [2.05, 4.69) is 47.2 Å². The van der Waals surface area contributed by atoms with Crippen molar-refractivity contribution in [3.05, 3.63) is 50.1 Å². The molecule has 2 aromatic rings. The van der Waals surface area contributed by atoms with E-state index < -0.39 is 0 Å². The maximum absolute atomic E-state index is 5.71. The van der Waals surface area contributed by atoms with E-state index in [1.54, 1.807) is 0 Å². The van der Waals surface area contributed by atoms with Gasteiger partial charge in [0.05, 0.1) is 0 Å². The molecule has 0 atom stereocenters. The summed E-state index contributed by atoms with van der Waals surface area (Å²) in [5.74, 6) is 0.925. The molecule has 4 heteroatoms. The Kier molecular flexibility index (Phi) is 5.43. The first-order valence-corrected chi connectivity index (χ1v) is 7.91. The van der Waals surface area contributed by atoms with Gasteiger partial charge in [-0.25, -0.2) is 0 Å². The third kappa shape index (κ3) is 4.64. The van der Waals surface area contributed by atoms with Crippen LogP contribution in [-0.2, 0) is 6.54 Å². The van der Waals surface area contributed by atoms with Gasteiger partial charge in [0.15, 0.2) is 0 Å². The summed E-state index contributed by atoms with van der Waals surface area (Å²) in [4.78, 5) is 2.73. The van der Waals surface area contributed by atoms with Crippen molar-refractivity contribution in [3.8, 4) is 5.75 Å². The van der Waals surface area contributed by atoms with Crippen LogP contribution in [0.25, 0.3) is 0 Å². The van der Waals surface area contributed by atoms with Crippen LogP contribution in [0.1, 0.15) is 15.3 Å². The molecule has 1 aromatic carbocycles. The Bertz CT molecular complexity index is 539. The molecular formula is C15H18BrNOS. The molecule has 0 aliphatic carbocycles. The lowest BCUT2D eigenvalue weighted by atomic mass is 10.2. The third-order valence-corrected chi connectivity index (χ3v) is 4.66. The van der Waals surface area contributed by atoms with Crippen molar-refractivity contribution < 1.29 is 4.74 Å². The van der Waals surface area contributed by atoms with Crippen LogP contribution in [-0.4, -0.2) is 13.2 Å². The minimum atomic E-state index is 0.686. The fraction of sp³-hybridized carbons (Fsp3) is 0.333. The number of thiophene rings is 1. The van der Waals surface area contributed by atoms with Crippen LogP contribution in [0.5, 0.6) is 5.75 Å². The van der Waals surface area contributed by atoms with E-state index in [1.165, 1.54) is 15.3 Å². The molecule has 2 nitrogen and oxygen atoms in total. The summed E-state index contributed by atoms with van der Waals surface area (Å²) >= 11 is 5.32. The lowest BCUT2D eigenvalue weighted by Gasteiger charge is -2.08. The maximum atomic E-state index is 5.71. The molecule has 0 fully saturated rings. The fourth-order valence-electron chi connectivity index (χ4n) is 1.74. The monoisotopic (exact) mass is 339 g/mol. The highest BCUT2D eigenvalue weighted by Gasteiger charge is 1.99. The van der Waals surface area contributed by atoms with Gasteiger partial charge in [-0.1, -0.05) is 15.9 Å². The quantitative estimate of drug-likeness (QED) is 0.792. The highest BCUT2D eigenvalue weighted by atomic mass is 79.9. The van der Waals surface area contributed by atoms with Gasteiger partial charge in [0.25, 0.3) is 0 Å². The predicted octanol–water partition coefficient (Wildman–Crippen LogP) is 4.30. The number of nitrogens with one attached hydrogen (secondary N) is 1. The number of hydrogen-bond acceptors (Lipinski definition) is 3. The van der Waals surface area contributed by atoms with Crippen LogP contribution in [0.3, 0.4) is 0 Å². The van der Waals surface area contributed by atoms with E-state index in [1.807, 2.05) is 29.5 Å². The van der Waals surface area contributed by atoms with Crippen molar-refractivity contribution in [3.63, 3.8) is 0 Å². The van der Waals surface area contributed by atoms with Crippen LogP contribution in [0.2, 0.25) is 0 Å². The molecule has 19 heavy (non-hydrogen) atoms. The van der Waals surface area contributed by atoms with E-state index in [0.717, 1.165) is 23.3 Å². The normalized spacial score (nSPS) is 10.7. The topological polar surface area (TPSA) is 21.3 Å². The van der Waals surface area contributed by atoms with Crippen molar-refractivity contribution in [1.29, 1.82) is 0 Å². The molecular weight excluding hydrogens is 322 g/mol. The van der Waals surface area contributed by atoms with E-state index in [4.69, 9.17) is 4.74 Å². The van der Waals surface area contributed by atoms with Crippen molar-refractivity contribution in [2.45, 2.75) is 20.4 Å². The number of ether oxygens (including phenoxy) is 1. The second-order valence-electron chi connectivity index (χ2n) is 4.45. The second-order valence-corrected chi connectivity index (χ2v) is 6.68. The average Bonchev–Trinajstić information content (AvgIpc) is 2.79. The number of aryl methyl sites for hydroxylation is 2. The molecule has 0 amide bonds. The fourth-order valence-corrected chi connectivity index (χ4v) is 2.85. The molecule has 0 radical (unpaired) electrons. The summed E-state index contributed by atoms with van der Waals surface area (Å²) in [7, 11) is 0. The van der Waals surface area contributed by atoms with Gasteiger partial charge >= 0.3 is 0 Å². The Morgan fingerprint density at radius 2 is 2.05 bits per heavy atom. The second kappa shape index (κ2) is 7.08. The van der Waals surface area contributed by atoms with Gasteiger partial charge in [0, 0.05) is 27.3 Å². The Morgan fingerprint density at radius 1 is 1.21 bits per heavy atom. The minimum Gasteiger partial charge on any atom is -0.492 e. The first-order valence-electron chi connectivity index (χ1n) is 6.30. The van der Waals surface area contributed by atoms with Gasteiger partial charge < -0.3 is 10.1 Å². The summed E-state index contributed by atoms with van der Waals surface area (Å²) in [5, 5.41) is 3.39. The van der Waals surface area contributed by atoms with E-state index in [-0.39, 0.29) is 0 Å². The molecule has 0 aliphatic heterocycles. The predicted molar refractivity (Wildman–Crippen MR) is 85.1 cm³/mol. The summed E-state index contributed by atoms with van der Waals surface area (Å²) in [6.45, 7) is 6.65. The van der Waals surface area contributed by atoms with Crippen LogP contribution in [0, 0.1) is 13.8 Å². The van der Waals surface area contributed by atoms with Crippen molar-refractivity contribution >= 4 is 27.3 Å². The SMILES string of the molecule is Cc1ccc(CNCCOc2ccc(Br)c(C)c2)s1. The summed E-state index contributed by atoms with van der Waals surface area (Å²) in [5.41, 5.74) is 1.19. The van der Waals surface area contributed by atoms with Crippen molar-refractivity contribution in [1.82, 2.24) is 5.32 Å². The van der Waals surface area contributed by atoms with Crippen LogP contribution >= 0.6 is 27.3 Å². The van der Waals surface area contributed by atoms with Gasteiger partial charge in [-0.2, -0.15) is 0 Å². The Balaban J connectivity index is 1.67. The van der Waals surface area contributed by atoms with Gasteiger partial charge in [-0.05, 0) is 49.7 Å². The molecule has 0 saturated carbocycles. The average molecular weight is 340 g/mol. The Labute approximate surface area is 126 Å². The van der Waals surface area contributed by atoms with Gasteiger partial charge in [-0.3, -0.25) is 0 Å². The highest BCUT2D eigenvalue weighted by Crippen LogP contribution is 2.21. The van der Waals surface area contributed by atoms with Crippen molar-refractivity contribution in [2.75, 3.05) is 13.2 Å². The number of hydrogen-bond donors (Lipinski definition) is 1. The standard InChI is InChI=1S/C15H18BrNOS/c1-11-9-13(4-6-15(11)16)18-8-7-17-10-14-5-3-12(2)19-14/h3-6,9,17H,7-8,10H2,1-2H3. The lowest BCUT2D eigenvalue weighted by molar-refractivity contribution is 0.313. The van der Waals surface area contributed by atoms with E-state index in [9.17, 15) is 0 Å². The van der Waals surface area contributed by atoms with Gasteiger partial charge in [-0.15, -0.1) is 11.3 Å².